The maximum atomic E-state index is 4.51. The fraction of sp³-hybridized carbons (Fsp3) is 0.125. The van der Waals surface area contributed by atoms with Gasteiger partial charge >= 0.3 is 0 Å². The highest BCUT2D eigenvalue weighted by molar-refractivity contribution is 5.83. The highest BCUT2D eigenvalue weighted by Gasteiger charge is 2.12. The first-order chi connectivity index (χ1) is 14.8. The normalized spacial score (nSPS) is 12.2. The number of hydrogen-bond donors (Lipinski definition) is 1. The smallest absolute Gasteiger partial charge is 0.129 e. The number of anilines is 1. The Bertz CT molecular complexity index is 1330. The maximum Gasteiger partial charge on any atom is 0.129 e. The quantitative estimate of drug-likeness (QED) is 0.461. The molecule has 0 aliphatic rings. The average molecular weight is 392 g/mol. The lowest BCUT2D eigenvalue weighted by Crippen LogP contribution is -2.12. The van der Waals surface area contributed by atoms with E-state index in [1.54, 1.807) is 12.5 Å². The second-order valence-electron chi connectivity index (χ2n) is 7.25. The fourth-order valence-corrected chi connectivity index (χ4v) is 3.61. The van der Waals surface area contributed by atoms with Gasteiger partial charge < -0.3 is 5.32 Å². The zero-order chi connectivity index (χ0) is 20.3. The van der Waals surface area contributed by atoms with Crippen molar-refractivity contribution < 1.29 is 0 Å². The summed E-state index contributed by atoms with van der Waals surface area (Å²) in [5.74, 6) is 1.04. The van der Waals surface area contributed by atoms with E-state index in [4.69, 9.17) is 0 Å². The summed E-state index contributed by atoms with van der Waals surface area (Å²) in [6.07, 6.45) is 7.05. The van der Waals surface area contributed by atoms with Gasteiger partial charge in [0.15, 0.2) is 0 Å². The van der Waals surface area contributed by atoms with Crippen LogP contribution >= 0.6 is 0 Å². The molecule has 1 N–H and O–H groups in total. The Morgan fingerprint density at radius 3 is 2.63 bits per heavy atom. The van der Waals surface area contributed by atoms with Crippen LogP contribution in [0.4, 0.5) is 5.82 Å². The summed E-state index contributed by atoms with van der Waals surface area (Å²) in [5.41, 5.74) is 5.92. The minimum atomic E-state index is 0.246. The molecule has 0 unspecified atom stereocenters. The zero-order valence-corrected chi connectivity index (χ0v) is 16.5. The molecule has 0 radical (unpaired) electrons. The van der Waals surface area contributed by atoms with Gasteiger partial charge in [0.1, 0.15) is 12.1 Å². The van der Waals surface area contributed by atoms with Gasteiger partial charge in [0.2, 0.25) is 0 Å². The van der Waals surface area contributed by atoms with E-state index in [9.17, 15) is 0 Å². The van der Waals surface area contributed by atoms with Crippen molar-refractivity contribution in [1.82, 2.24) is 24.9 Å². The molecule has 4 heterocycles. The van der Waals surface area contributed by atoms with Crippen LogP contribution in [0.25, 0.3) is 33.2 Å². The second-order valence-corrected chi connectivity index (χ2v) is 7.25. The first-order valence-corrected chi connectivity index (χ1v) is 9.88. The van der Waals surface area contributed by atoms with E-state index in [1.807, 2.05) is 54.9 Å². The van der Waals surface area contributed by atoms with Crippen LogP contribution in [0.5, 0.6) is 0 Å². The standard InChI is InChI=1S/C24H20N6/c1-16(19-8-11-26-21-5-3-10-27-24(19)21)14-28-23-13-22(29-15-30-23)18-6-7-20-17(12-18)4-2-9-25-20/h2-13,15-16H,14H2,1H3,(H,28,29,30)/t16-/m1/s1. The Balaban J connectivity index is 1.36. The number of benzene rings is 1. The van der Waals surface area contributed by atoms with Crippen LogP contribution in [0.2, 0.25) is 0 Å². The van der Waals surface area contributed by atoms with Crippen LogP contribution in [0.3, 0.4) is 0 Å². The first-order valence-electron chi connectivity index (χ1n) is 9.88. The minimum absolute atomic E-state index is 0.246. The second kappa shape index (κ2) is 7.83. The molecule has 0 fully saturated rings. The van der Waals surface area contributed by atoms with Crippen molar-refractivity contribution in [3.63, 3.8) is 0 Å². The third-order valence-electron chi connectivity index (χ3n) is 5.21. The van der Waals surface area contributed by atoms with E-state index in [1.165, 1.54) is 5.56 Å². The van der Waals surface area contributed by atoms with Gasteiger partial charge in [-0.05, 0) is 42.0 Å². The highest BCUT2D eigenvalue weighted by Crippen LogP contribution is 2.25. The van der Waals surface area contributed by atoms with E-state index < -0.39 is 0 Å². The van der Waals surface area contributed by atoms with Crippen LogP contribution in [0, 0.1) is 0 Å². The van der Waals surface area contributed by atoms with Crippen molar-refractivity contribution in [3.8, 4) is 11.3 Å². The summed E-state index contributed by atoms with van der Waals surface area (Å²) in [7, 11) is 0. The van der Waals surface area contributed by atoms with Crippen molar-refractivity contribution in [2.45, 2.75) is 12.8 Å². The summed E-state index contributed by atoms with van der Waals surface area (Å²) < 4.78 is 0. The van der Waals surface area contributed by atoms with Crippen LogP contribution < -0.4 is 5.32 Å². The van der Waals surface area contributed by atoms with Gasteiger partial charge in [-0.2, -0.15) is 0 Å². The van der Waals surface area contributed by atoms with Crippen LogP contribution in [-0.4, -0.2) is 31.5 Å². The molecule has 6 heteroatoms. The lowest BCUT2D eigenvalue weighted by Gasteiger charge is -2.15. The maximum absolute atomic E-state index is 4.51. The monoisotopic (exact) mass is 392 g/mol. The summed E-state index contributed by atoms with van der Waals surface area (Å²) in [6.45, 7) is 2.91. The molecular formula is C24H20N6. The number of nitrogens with one attached hydrogen (secondary N) is 1. The van der Waals surface area contributed by atoms with Gasteiger partial charge in [-0.3, -0.25) is 15.0 Å². The Labute approximate surface area is 174 Å². The van der Waals surface area contributed by atoms with E-state index >= 15 is 0 Å². The third-order valence-corrected chi connectivity index (χ3v) is 5.21. The molecule has 0 aliphatic heterocycles. The molecule has 0 saturated heterocycles. The minimum Gasteiger partial charge on any atom is -0.369 e. The number of rotatable bonds is 5. The fourth-order valence-electron chi connectivity index (χ4n) is 3.61. The van der Waals surface area contributed by atoms with Crippen LogP contribution in [-0.2, 0) is 0 Å². The average Bonchev–Trinajstić information content (AvgIpc) is 2.82. The Morgan fingerprint density at radius 2 is 1.67 bits per heavy atom. The molecule has 1 atom stereocenters. The predicted molar refractivity (Wildman–Crippen MR) is 119 cm³/mol. The SMILES string of the molecule is C[C@H](CNc1cc(-c2ccc3ncccc3c2)ncn1)c1ccnc2cccnc12. The van der Waals surface area contributed by atoms with Crippen molar-refractivity contribution in [2.24, 2.45) is 0 Å². The van der Waals surface area contributed by atoms with Gasteiger partial charge in [-0.15, -0.1) is 0 Å². The Hall–Kier alpha value is -3.93. The van der Waals surface area contributed by atoms with Gasteiger partial charge in [-0.1, -0.05) is 19.1 Å². The third kappa shape index (κ3) is 3.55. The van der Waals surface area contributed by atoms with Gasteiger partial charge in [0, 0.05) is 48.1 Å². The molecule has 146 valence electrons. The van der Waals surface area contributed by atoms with Crippen molar-refractivity contribution in [2.75, 3.05) is 11.9 Å². The summed E-state index contributed by atoms with van der Waals surface area (Å²) in [4.78, 5) is 22.1. The zero-order valence-electron chi connectivity index (χ0n) is 16.5. The van der Waals surface area contributed by atoms with Gasteiger partial charge in [0.05, 0.1) is 22.2 Å². The summed E-state index contributed by atoms with van der Waals surface area (Å²) in [5, 5.41) is 4.53. The predicted octanol–water partition coefficient (Wildman–Crippen LogP) is 4.85. The first kappa shape index (κ1) is 18.1. The highest BCUT2D eigenvalue weighted by atomic mass is 15.0. The molecular weight excluding hydrogens is 372 g/mol. The van der Waals surface area contributed by atoms with Crippen LogP contribution in [0.1, 0.15) is 18.4 Å². The van der Waals surface area contributed by atoms with Gasteiger partial charge in [-0.25, -0.2) is 9.97 Å². The molecule has 0 aliphatic carbocycles. The van der Waals surface area contributed by atoms with Crippen LogP contribution in [0.15, 0.2) is 79.5 Å². The van der Waals surface area contributed by atoms with Crippen molar-refractivity contribution >= 4 is 27.8 Å². The van der Waals surface area contributed by atoms with Crippen molar-refractivity contribution in [3.05, 3.63) is 85.1 Å². The molecule has 5 rings (SSSR count). The van der Waals surface area contributed by atoms with E-state index in [0.29, 0.717) is 0 Å². The van der Waals surface area contributed by atoms with Crippen molar-refractivity contribution in [1.29, 1.82) is 0 Å². The molecule has 6 nitrogen and oxygen atoms in total. The largest absolute Gasteiger partial charge is 0.369 e. The summed E-state index contributed by atoms with van der Waals surface area (Å²) >= 11 is 0. The molecule has 4 aromatic heterocycles. The molecule has 0 spiro atoms. The van der Waals surface area contributed by atoms with E-state index in [0.717, 1.165) is 45.6 Å². The number of hydrogen-bond acceptors (Lipinski definition) is 6. The molecule has 0 bridgehead atoms. The van der Waals surface area contributed by atoms with Gasteiger partial charge in [0.25, 0.3) is 0 Å². The topological polar surface area (TPSA) is 76.5 Å². The molecule has 0 amide bonds. The lowest BCUT2D eigenvalue weighted by molar-refractivity contribution is 0.804. The summed E-state index contributed by atoms with van der Waals surface area (Å²) in [6, 6.07) is 18.1. The molecule has 30 heavy (non-hydrogen) atoms. The molecule has 5 aromatic rings. The molecule has 0 saturated carbocycles. The Kier molecular flexibility index (Phi) is 4.73. The molecule has 1 aromatic carbocycles. The Morgan fingerprint density at radius 1 is 0.800 bits per heavy atom. The number of aromatic nitrogens is 5. The van der Waals surface area contributed by atoms with E-state index in [2.05, 4.69) is 49.3 Å². The number of nitrogens with zero attached hydrogens (tertiary/aromatic N) is 5. The number of pyridine rings is 3. The number of fused-ring (bicyclic) bond motifs is 2. The van der Waals surface area contributed by atoms with E-state index in [-0.39, 0.29) is 5.92 Å². The lowest BCUT2D eigenvalue weighted by atomic mass is 10.0.